The zero-order chi connectivity index (χ0) is 29.0. The predicted octanol–water partition coefficient (Wildman–Crippen LogP) is 3.76. The Hall–Kier alpha value is -4.79. The average molecular weight is 553 g/mol. The number of hydrogen-bond acceptors (Lipinski definition) is 8. The Morgan fingerprint density at radius 3 is 2.56 bits per heavy atom. The van der Waals surface area contributed by atoms with Crippen molar-refractivity contribution in [3.8, 4) is 17.6 Å². The largest absolute Gasteiger partial charge is 0.456 e. The van der Waals surface area contributed by atoms with Gasteiger partial charge in [-0.1, -0.05) is 18.2 Å². The molecule has 5 rings (SSSR count). The molecule has 1 fully saturated rings. The highest BCUT2D eigenvalue weighted by Gasteiger charge is 2.21. The standard InChI is InChI=1S/C30H32N8O3/c1-30(2,20-31)22-7-4-6-21(16-22)28(40)32-23-8-5-9-24(17-23)41-25-10-11-26-33-29(35-38(26)18-25)34-27(39)19-37-14-12-36(3)13-15-37/h4-11,16-18H,12-15,19H2,1-3H3,(H,32,40)(H,34,35,39). The number of anilines is 2. The second-order valence-corrected chi connectivity index (χ2v) is 10.6. The molecule has 2 aromatic heterocycles. The third kappa shape index (κ3) is 6.87. The number of nitrogens with one attached hydrogen (secondary N) is 2. The van der Waals surface area contributed by atoms with Crippen LogP contribution in [0.15, 0.2) is 66.9 Å². The first-order valence-electron chi connectivity index (χ1n) is 13.4. The molecule has 3 heterocycles. The van der Waals surface area contributed by atoms with Gasteiger partial charge in [0.15, 0.2) is 5.65 Å². The molecule has 0 spiro atoms. The summed E-state index contributed by atoms with van der Waals surface area (Å²) in [5.41, 5.74) is 1.65. The second-order valence-electron chi connectivity index (χ2n) is 10.6. The van der Waals surface area contributed by atoms with E-state index in [2.05, 4.69) is 43.6 Å². The van der Waals surface area contributed by atoms with Crippen molar-refractivity contribution < 1.29 is 14.3 Å². The first-order chi connectivity index (χ1) is 19.7. The van der Waals surface area contributed by atoms with Crippen LogP contribution in [-0.4, -0.2) is 76.0 Å². The zero-order valence-electron chi connectivity index (χ0n) is 23.3. The normalized spacial score (nSPS) is 14.4. The Morgan fingerprint density at radius 1 is 1.00 bits per heavy atom. The van der Waals surface area contributed by atoms with Crippen molar-refractivity contribution in [2.24, 2.45) is 0 Å². The van der Waals surface area contributed by atoms with Gasteiger partial charge in [0.2, 0.25) is 11.9 Å². The Labute approximate surface area is 238 Å². The maximum Gasteiger partial charge on any atom is 0.255 e. The Bertz CT molecular complexity index is 1620. The molecule has 0 radical (unpaired) electrons. The molecule has 2 amide bonds. The van der Waals surface area contributed by atoms with Gasteiger partial charge in [-0.05, 0) is 62.9 Å². The third-order valence-corrected chi connectivity index (χ3v) is 6.97. The molecule has 0 unspecified atom stereocenters. The fourth-order valence-corrected chi connectivity index (χ4v) is 4.44. The summed E-state index contributed by atoms with van der Waals surface area (Å²) in [5.74, 6) is 0.813. The number of rotatable bonds is 8. The number of likely N-dealkylation sites (N-methyl/N-ethyl adjacent to an activating group) is 1. The molecule has 2 N–H and O–H groups in total. The lowest BCUT2D eigenvalue weighted by atomic mass is 9.85. The molecule has 11 heteroatoms. The van der Waals surface area contributed by atoms with Gasteiger partial charge in [0.1, 0.15) is 11.5 Å². The molecule has 1 aliphatic heterocycles. The zero-order valence-corrected chi connectivity index (χ0v) is 23.3. The lowest BCUT2D eigenvalue weighted by Crippen LogP contribution is -2.47. The van der Waals surface area contributed by atoms with E-state index in [9.17, 15) is 14.9 Å². The van der Waals surface area contributed by atoms with E-state index in [1.165, 1.54) is 0 Å². The highest BCUT2D eigenvalue weighted by Crippen LogP contribution is 2.26. The van der Waals surface area contributed by atoms with E-state index in [1.54, 1.807) is 65.3 Å². The number of carbonyl (C=O) groups is 2. The van der Waals surface area contributed by atoms with Crippen LogP contribution in [0.25, 0.3) is 5.65 Å². The van der Waals surface area contributed by atoms with Crippen molar-refractivity contribution in [2.75, 3.05) is 50.4 Å². The number of pyridine rings is 1. The van der Waals surface area contributed by atoms with Gasteiger partial charge in [0.25, 0.3) is 5.91 Å². The number of ether oxygens (including phenoxy) is 1. The molecular weight excluding hydrogens is 520 g/mol. The number of aromatic nitrogens is 3. The second kappa shape index (κ2) is 11.8. The molecule has 0 bridgehead atoms. The SMILES string of the molecule is CN1CCN(CC(=O)Nc2nc3ccc(Oc4cccc(NC(=O)c5cccc(C(C)(C)C#N)c5)c4)cn3n2)CC1. The number of fused-ring (bicyclic) bond motifs is 1. The number of nitriles is 1. The van der Waals surface area contributed by atoms with E-state index >= 15 is 0 Å². The minimum absolute atomic E-state index is 0.152. The summed E-state index contributed by atoms with van der Waals surface area (Å²) >= 11 is 0. The number of carbonyl (C=O) groups excluding carboxylic acids is 2. The van der Waals surface area contributed by atoms with Crippen LogP contribution >= 0.6 is 0 Å². The van der Waals surface area contributed by atoms with Crippen molar-refractivity contribution >= 4 is 29.1 Å². The molecule has 0 atom stereocenters. The maximum absolute atomic E-state index is 12.9. The van der Waals surface area contributed by atoms with Crippen LogP contribution < -0.4 is 15.4 Å². The molecule has 210 valence electrons. The fraction of sp³-hybridized carbons (Fsp3) is 0.300. The third-order valence-electron chi connectivity index (χ3n) is 6.97. The molecule has 11 nitrogen and oxygen atoms in total. The lowest BCUT2D eigenvalue weighted by Gasteiger charge is -2.31. The van der Waals surface area contributed by atoms with Gasteiger partial charge in [0.05, 0.1) is 24.2 Å². The van der Waals surface area contributed by atoms with Crippen LogP contribution in [0.3, 0.4) is 0 Å². The molecule has 2 aromatic carbocycles. The van der Waals surface area contributed by atoms with Crippen LogP contribution in [-0.2, 0) is 10.2 Å². The summed E-state index contributed by atoms with van der Waals surface area (Å²) in [6.45, 7) is 7.50. The molecule has 1 aliphatic rings. The van der Waals surface area contributed by atoms with Crippen LogP contribution in [0.2, 0.25) is 0 Å². The first-order valence-corrected chi connectivity index (χ1v) is 13.4. The summed E-state index contributed by atoms with van der Waals surface area (Å²) in [5, 5.41) is 19.5. The Morgan fingerprint density at radius 2 is 1.78 bits per heavy atom. The van der Waals surface area contributed by atoms with E-state index in [4.69, 9.17) is 4.74 Å². The summed E-state index contributed by atoms with van der Waals surface area (Å²) in [6, 6.07) is 19.9. The number of benzene rings is 2. The molecule has 0 aliphatic carbocycles. The molecule has 0 saturated carbocycles. The average Bonchev–Trinajstić information content (AvgIpc) is 3.36. The summed E-state index contributed by atoms with van der Waals surface area (Å²) in [4.78, 5) is 34.1. The molecule has 1 saturated heterocycles. The van der Waals surface area contributed by atoms with Crippen molar-refractivity contribution in [1.29, 1.82) is 5.26 Å². The van der Waals surface area contributed by atoms with Gasteiger partial charge in [0, 0.05) is 43.5 Å². The van der Waals surface area contributed by atoms with E-state index in [0.717, 1.165) is 31.7 Å². The van der Waals surface area contributed by atoms with Crippen LogP contribution in [0.4, 0.5) is 11.6 Å². The smallest absolute Gasteiger partial charge is 0.255 e. The van der Waals surface area contributed by atoms with Crippen LogP contribution in [0, 0.1) is 11.3 Å². The van der Waals surface area contributed by atoms with Crippen molar-refractivity contribution in [2.45, 2.75) is 19.3 Å². The summed E-state index contributed by atoms with van der Waals surface area (Å²) in [6.07, 6.45) is 1.67. The van der Waals surface area contributed by atoms with Gasteiger partial charge in [-0.25, -0.2) is 4.52 Å². The van der Waals surface area contributed by atoms with Gasteiger partial charge in [-0.3, -0.25) is 19.8 Å². The molecule has 41 heavy (non-hydrogen) atoms. The van der Waals surface area contributed by atoms with Gasteiger partial charge in [-0.2, -0.15) is 10.2 Å². The van der Waals surface area contributed by atoms with Crippen molar-refractivity contribution in [3.63, 3.8) is 0 Å². The van der Waals surface area contributed by atoms with Crippen molar-refractivity contribution in [3.05, 3.63) is 78.0 Å². The lowest BCUT2D eigenvalue weighted by molar-refractivity contribution is -0.117. The highest BCUT2D eigenvalue weighted by molar-refractivity contribution is 6.04. The molecular formula is C30H32N8O3. The Kier molecular flexibility index (Phi) is 7.96. The van der Waals surface area contributed by atoms with Gasteiger partial charge < -0.3 is 15.0 Å². The minimum Gasteiger partial charge on any atom is -0.456 e. The quantitative estimate of drug-likeness (QED) is 0.338. The predicted molar refractivity (Wildman–Crippen MR) is 155 cm³/mol. The van der Waals surface area contributed by atoms with Crippen molar-refractivity contribution in [1.82, 2.24) is 24.4 Å². The molecule has 4 aromatic rings. The summed E-state index contributed by atoms with van der Waals surface area (Å²) < 4.78 is 7.56. The summed E-state index contributed by atoms with van der Waals surface area (Å²) in [7, 11) is 2.07. The first kappa shape index (κ1) is 27.8. The van der Waals surface area contributed by atoms with E-state index in [0.29, 0.717) is 34.9 Å². The van der Waals surface area contributed by atoms with Gasteiger partial charge in [-0.15, -0.1) is 5.10 Å². The van der Waals surface area contributed by atoms with Crippen LogP contribution in [0.5, 0.6) is 11.5 Å². The number of hydrogen-bond donors (Lipinski definition) is 2. The van der Waals surface area contributed by atoms with E-state index < -0.39 is 5.41 Å². The monoisotopic (exact) mass is 552 g/mol. The topological polar surface area (TPSA) is 128 Å². The number of nitrogens with zero attached hydrogens (tertiary/aromatic N) is 6. The number of piperazine rings is 1. The minimum atomic E-state index is -0.702. The van der Waals surface area contributed by atoms with Crippen LogP contribution in [0.1, 0.15) is 29.8 Å². The Balaban J connectivity index is 1.22. The van der Waals surface area contributed by atoms with E-state index in [1.807, 2.05) is 19.9 Å². The highest BCUT2D eigenvalue weighted by atomic mass is 16.5. The maximum atomic E-state index is 12.9. The van der Waals surface area contributed by atoms with E-state index in [-0.39, 0.29) is 17.8 Å². The number of amides is 2. The van der Waals surface area contributed by atoms with Gasteiger partial charge >= 0.3 is 0 Å². The fourth-order valence-electron chi connectivity index (χ4n) is 4.44.